The van der Waals surface area contributed by atoms with Crippen LogP contribution in [0.4, 0.5) is 5.69 Å². The Hall–Kier alpha value is -1.00. The number of methoxy groups -OCH3 is 1. The van der Waals surface area contributed by atoms with Crippen molar-refractivity contribution in [3.63, 3.8) is 0 Å². The number of benzene rings is 1. The van der Waals surface area contributed by atoms with E-state index in [4.69, 9.17) is 4.74 Å². The molecular formula is C12H12BrNOS. The fourth-order valence-electron chi connectivity index (χ4n) is 1.34. The Bertz CT molecular complexity index is 452. The Kier molecular flexibility index (Phi) is 3.85. The molecule has 0 unspecified atom stereocenters. The molecule has 0 aliphatic heterocycles. The Morgan fingerprint density at radius 3 is 2.56 bits per heavy atom. The molecule has 0 aliphatic carbocycles. The number of rotatable bonds is 4. The van der Waals surface area contributed by atoms with Gasteiger partial charge >= 0.3 is 0 Å². The summed E-state index contributed by atoms with van der Waals surface area (Å²) in [4.78, 5) is 1.30. The lowest BCUT2D eigenvalue weighted by Gasteiger charge is -2.06. The highest BCUT2D eigenvalue weighted by Gasteiger charge is 2.00. The molecule has 0 saturated carbocycles. The Balaban J connectivity index is 1.97. The lowest BCUT2D eigenvalue weighted by Crippen LogP contribution is -1.97. The fourth-order valence-corrected chi connectivity index (χ4v) is 2.77. The van der Waals surface area contributed by atoms with Crippen LogP contribution in [-0.2, 0) is 6.54 Å². The first kappa shape index (κ1) is 11.5. The molecule has 0 aliphatic rings. The van der Waals surface area contributed by atoms with Gasteiger partial charge in [0.05, 0.1) is 13.7 Å². The van der Waals surface area contributed by atoms with Crippen molar-refractivity contribution < 1.29 is 4.74 Å². The summed E-state index contributed by atoms with van der Waals surface area (Å²) < 4.78 is 6.27. The van der Waals surface area contributed by atoms with Crippen LogP contribution in [0, 0.1) is 0 Å². The van der Waals surface area contributed by atoms with Crippen LogP contribution < -0.4 is 10.1 Å². The maximum atomic E-state index is 5.11. The normalized spacial score (nSPS) is 10.1. The fraction of sp³-hybridized carbons (Fsp3) is 0.167. The van der Waals surface area contributed by atoms with E-state index in [1.54, 1.807) is 18.4 Å². The summed E-state index contributed by atoms with van der Waals surface area (Å²) >= 11 is 5.26. The molecule has 1 N–H and O–H groups in total. The molecule has 1 aromatic heterocycles. The summed E-state index contributed by atoms with van der Waals surface area (Å²) in [6.45, 7) is 0.838. The molecule has 2 nitrogen and oxygen atoms in total. The molecule has 4 heteroatoms. The summed E-state index contributed by atoms with van der Waals surface area (Å²) in [7, 11) is 1.67. The second kappa shape index (κ2) is 5.37. The van der Waals surface area contributed by atoms with Crippen LogP contribution in [0.15, 0.2) is 40.2 Å². The van der Waals surface area contributed by atoms with Crippen molar-refractivity contribution in [1.82, 2.24) is 0 Å². The van der Waals surface area contributed by atoms with E-state index in [1.807, 2.05) is 24.3 Å². The van der Waals surface area contributed by atoms with E-state index in [0.29, 0.717) is 0 Å². The van der Waals surface area contributed by atoms with Crippen LogP contribution >= 0.6 is 27.3 Å². The molecule has 0 fully saturated rings. The number of ether oxygens (including phenoxy) is 1. The van der Waals surface area contributed by atoms with Gasteiger partial charge in [-0.2, -0.15) is 0 Å². The molecular weight excluding hydrogens is 286 g/mol. The number of halogens is 1. The number of hydrogen-bond acceptors (Lipinski definition) is 3. The van der Waals surface area contributed by atoms with Crippen molar-refractivity contribution in [2.24, 2.45) is 0 Å². The van der Waals surface area contributed by atoms with Crippen LogP contribution in [-0.4, -0.2) is 7.11 Å². The molecule has 1 heterocycles. The molecule has 2 rings (SSSR count). The maximum absolute atomic E-state index is 5.11. The standard InChI is InChI=1S/C12H12BrNOS/c1-15-10-4-2-9(3-5-10)14-8-12-11(13)6-7-16-12/h2-7,14H,8H2,1H3. The van der Waals surface area contributed by atoms with E-state index in [0.717, 1.165) is 18.0 Å². The first-order chi connectivity index (χ1) is 7.79. The molecule has 0 amide bonds. The van der Waals surface area contributed by atoms with Gasteiger partial charge in [-0.25, -0.2) is 0 Å². The van der Waals surface area contributed by atoms with E-state index < -0.39 is 0 Å². The molecule has 2 aromatic rings. The first-order valence-corrected chi connectivity index (χ1v) is 6.56. The molecule has 1 aromatic carbocycles. The third-order valence-corrected chi connectivity index (χ3v) is 4.16. The summed E-state index contributed by atoms with van der Waals surface area (Å²) in [5, 5.41) is 5.44. The largest absolute Gasteiger partial charge is 0.497 e. The molecule has 0 radical (unpaired) electrons. The first-order valence-electron chi connectivity index (χ1n) is 4.89. The summed E-state index contributed by atoms with van der Waals surface area (Å²) in [6, 6.07) is 9.99. The second-order valence-electron chi connectivity index (χ2n) is 3.27. The second-order valence-corrected chi connectivity index (χ2v) is 5.13. The average molecular weight is 298 g/mol. The van der Waals surface area contributed by atoms with Gasteiger partial charge in [-0.15, -0.1) is 11.3 Å². The highest BCUT2D eigenvalue weighted by atomic mass is 79.9. The molecule has 0 spiro atoms. The van der Waals surface area contributed by atoms with Crippen molar-refractivity contribution in [2.75, 3.05) is 12.4 Å². The minimum absolute atomic E-state index is 0.838. The van der Waals surface area contributed by atoms with Gasteiger partial charge in [-0.05, 0) is 51.6 Å². The minimum Gasteiger partial charge on any atom is -0.497 e. The summed E-state index contributed by atoms with van der Waals surface area (Å²) in [5.74, 6) is 0.878. The molecule has 16 heavy (non-hydrogen) atoms. The number of hydrogen-bond donors (Lipinski definition) is 1. The third kappa shape index (κ3) is 2.77. The van der Waals surface area contributed by atoms with Crippen molar-refractivity contribution in [2.45, 2.75) is 6.54 Å². The van der Waals surface area contributed by atoms with Gasteiger partial charge in [-0.1, -0.05) is 0 Å². The van der Waals surface area contributed by atoms with Crippen LogP contribution in [0.25, 0.3) is 0 Å². The van der Waals surface area contributed by atoms with Crippen LogP contribution in [0.3, 0.4) is 0 Å². The van der Waals surface area contributed by atoms with Crippen LogP contribution in [0.2, 0.25) is 0 Å². The predicted molar refractivity (Wildman–Crippen MR) is 72.3 cm³/mol. The van der Waals surface area contributed by atoms with Crippen molar-refractivity contribution in [3.05, 3.63) is 45.1 Å². The van der Waals surface area contributed by atoms with Gasteiger partial charge < -0.3 is 10.1 Å². The zero-order chi connectivity index (χ0) is 11.4. The Morgan fingerprint density at radius 2 is 2.00 bits per heavy atom. The summed E-state index contributed by atoms with van der Waals surface area (Å²) in [6.07, 6.45) is 0. The van der Waals surface area contributed by atoms with E-state index >= 15 is 0 Å². The lowest BCUT2D eigenvalue weighted by molar-refractivity contribution is 0.415. The summed E-state index contributed by atoms with van der Waals surface area (Å²) in [5.41, 5.74) is 1.10. The van der Waals surface area contributed by atoms with Crippen molar-refractivity contribution >= 4 is 33.0 Å². The van der Waals surface area contributed by atoms with Gasteiger partial charge in [-0.3, -0.25) is 0 Å². The van der Waals surface area contributed by atoms with Crippen molar-refractivity contribution in [3.8, 4) is 5.75 Å². The van der Waals surface area contributed by atoms with Gasteiger partial charge in [0.1, 0.15) is 5.75 Å². The van der Waals surface area contributed by atoms with E-state index in [1.165, 1.54) is 9.35 Å². The smallest absolute Gasteiger partial charge is 0.119 e. The number of nitrogens with one attached hydrogen (secondary N) is 1. The maximum Gasteiger partial charge on any atom is 0.119 e. The van der Waals surface area contributed by atoms with Gasteiger partial charge in [0.2, 0.25) is 0 Å². The molecule has 0 atom stereocenters. The number of anilines is 1. The lowest BCUT2D eigenvalue weighted by atomic mass is 10.3. The molecule has 0 saturated heterocycles. The quantitative estimate of drug-likeness (QED) is 0.916. The highest BCUT2D eigenvalue weighted by Crippen LogP contribution is 2.24. The van der Waals surface area contributed by atoms with E-state index in [2.05, 4.69) is 32.7 Å². The molecule has 0 bridgehead atoms. The van der Waals surface area contributed by atoms with E-state index in [-0.39, 0.29) is 0 Å². The zero-order valence-electron chi connectivity index (χ0n) is 8.87. The number of thiophene rings is 1. The minimum atomic E-state index is 0.838. The van der Waals surface area contributed by atoms with Crippen molar-refractivity contribution in [1.29, 1.82) is 0 Å². The third-order valence-electron chi connectivity index (χ3n) is 2.23. The molecule has 84 valence electrons. The SMILES string of the molecule is COc1ccc(NCc2sccc2Br)cc1. The topological polar surface area (TPSA) is 21.3 Å². The highest BCUT2D eigenvalue weighted by molar-refractivity contribution is 9.10. The van der Waals surface area contributed by atoms with Gasteiger partial charge in [0.25, 0.3) is 0 Å². The zero-order valence-corrected chi connectivity index (χ0v) is 11.3. The van der Waals surface area contributed by atoms with Crippen LogP contribution in [0.1, 0.15) is 4.88 Å². The van der Waals surface area contributed by atoms with Gasteiger partial charge in [0.15, 0.2) is 0 Å². The van der Waals surface area contributed by atoms with E-state index in [9.17, 15) is 0 Å². The van der Waals surface area contributed by atoms with Crippen LogP contribution in [0.5, 0.6) is 5.75 Å². The Labute approximate surface area is 107 Å². The van der Waals surface area contributed by atoms with Gasteiger partial charge in [0, 0.05) is 15.0 Å². The monoisotopic (exact) mass is 297 g/mol. The average Bonchev–Trinajstić information content (AvgIpc) is 2.73. The predicted octanol–water partition coefficient (Wildman–Crippen LogP) is 4.13. The Morgan fingerprint density at radius 1 is 1.25 bits per heavy atom.